The fraction of sp³-hybridized carbons (Fsp3) is 0.600. The van der Waals surface area contributed by atoms with E-state index in [1.165, 1.54) is 0 Å². The first-order valence-corrected chi connectivity index (χ1v) is 4.98. The lowest BCUT2D eigenvalue weighted by Gasteiger charge is -2.21. The number of nitrogens with zero attached hydrogens (tertiary/aromatic N) is 2. The largest absolute Gasteiger partial charge is 0.159 e. The van der Waals surface area contributed by atoms with Gasteiger partial charge < -0.3 is 0 Å². The summed E-state index contributed by atoms with van der Waals surface area (Å²) in [6.45, 7) is 6.30. The summed E-state index contributed by atoms with van der Waals surface area (Å²) in [5.41, 5.74) is 0.986. The normalized spacial score (nSPS) is 15.8. The Kier molecular flexibility index (Phi) is 3.67. The van der Waals surface area contributed by atoms with Crippen LogP contribution in [0.25, 0.3) is 0 Å². The third-order valence-corrected chi connectivity index (χ3v) is 2.42. The van der Waals surface area contributed by atoms with E-state index in [2.05, 4.69) is 24.0 Å². The van der Waals surface area contributed by atoms with E-state index in [4.69, 9.17) is 11.6 Å². The lowest BCUT2D eigenvalue weighted by Crippen LogP contribution is -2.17. The molecule has 1 aromatic rings. The summed E-state index contributed by atoms with van der Waals surface area (Å²) in [6, 6.07) is 3.88. The number of hydrogen-bond acceptors (Lipinski definition) is 2. The van der Waals surface area contributed by atoms with Gasteiger partial charge in [0.1, 0.15) is 0 Å². The maximum Gasteiger partial charge on any atom is 0.0679 e. The van der Waals surface area contributed by atoms with Crippen molar-refractivity contribution < 1.29 is 0 Å². The average molecular weight is 199 g/mol. The first-order chi connectivity index (χ1) is 6.13. The van der Waals surface area contributed by atoms with Crippen molar-refractivity contribution in [2.75, 3.05) is 0 Å². The Hall–Kier alpha value is -0.630. The Morgan fingerprint density at radius 1 is 1.31 bits per heavy atom. The van der Waals surface area contributed by atoms with Crippen LogP contribution < -0.4 is 0 Å². The Balaban J connectivity index is 2.89. The minimum Gasteiger partial charge on any atom is -0.159 e. The van der Waals surface area contributed by atoms with Gasteiger partial charge in [0.25, 0.3) is 0 Å². The van der Waals surface area contributed by atoms with Crippen LogP contribution in [0.15, 0.2) is 18.3 Å². The molecule has 0 aromatic carbocycles. The molecular formula is C10H15ClN2. The minimum atomic E-state index is 0.0942. The topological polar surface area (TPSA) is 25.8 Å². The molecule has 2 atom stereocenters. The first kappa shape index (κ1) is 10.5. The second-order valence-corrected chi connectivity index (χ2v) is 4.28. The third-order valence-electron chi connectivity index (χ3n) is 2.15. The van der Waals surface area contributed by atoms with Crippen molar-refractivity contribution in [2.45, 2.75) is 32.1 Å². The number of aromatic nitrogens is 2. The monoisotopic (exact) mass is 198 g/mol. The molecular weight excluding hydrogens is 184 g/mol. The van der Waals surface area contributed by atoms with Gasteiger partial charge in [0.05, 0.1) is 5.69 Å². The number of hydrogen-bond donors (Lipinski definition) is 0. The summed E-state index contributed by atoms with van der Waals surface area (Å²) in [4.78, 5) is 0. The van der Waals surface area contributed by atoms with Gasteiger partial charge in [-0.05, 0) is 25.0 Å². The van der Waals surface area contributed by atoms with Crippen LogP contribution in [0.3, 0.4) is 0 Å². The molecule has 0 amide bonds. The molecule has 1 aromatic heterocycles. The van der Waals surface area contributed by atoms with E-state index in [0.29, 0.717) is 5.92 Å². The van der Waals surface area contributed by atoms with E-state index >= 15 is 0 Å². The highest BCUT2D eigenvalue weighted by atomic mass is 35.5. The van der Waals surface area contributed by atoms with E-state index in [-0.39, 0.29) is 11.3 Å². The summed E-state index contributed by atoms with van der Waals surface area (Å²) in [6.07, 6.45) is 1.68. The van der Waals surface area contributed by atoms with Crippen LogP contribution in [-0.2, 0) is 0 Å². The summed E-state index contributed by atoms with van der Waals surface area (Å²) >= 11 is 6.11. The number of rotatable bonds is 3. The maximum atomic E-state index is 6.11. The fourth-order valence-electron chi connectivity index (χ4n) is 1.60. The third kappa shape index (κ3) is 2.66. The van der Waals surface area contributed by atoms with Crippen LogP contribution >= 0.6 is 11.6 Å². The molecule has 0 saturated heterocycles. The Bertz CT molecular complexity index is 238. The molecule has 1 heterocycles. The summed E-state index contributed by atoms with van der Waals surface area (Å²) < 4.78 is 0. The molecule has 0 saturated carbocycles. The number of halogens is 1. The van der Waals surface area contributed by atoms with Crippen LogP contribution in [0.2, 0.25) is 0 Å². The van der Waals surface area contributed by atoms with E-state index in [1.807, 2.05) is 19.1 Å². The zero-order valence-corrected chi connectivity index (χ0v) is 8.99. The molecule has 0 aliphatic carbocycles. The second kappa shape index (κ2) is 4.56. The zero-order valence-electron chi connectivity index (χ0n) is 8.24. The van der Waals surface area contributed by atoms with Gasteiger partial charge in [0, 0.05) is 17.5 Å². The lowest BCUT2D eigenvalue weighted by molar-refractivity contribution is 0.476. The maximum absolute atomic E-state index is 6.11. The highest BCUT2D eigenvalue weighted by molar-refractivity contribution is 6.20. The molecule has 0 aliphatic rings. The Morgan fingerprint density at radius 2 is 2.00 bits per heavy atom. The van der Waals surface area contributed by atoms with Crippen molar-refractivity contribution in [1.29, 1.82) is 0 Å². The zero-order chi connectivity index (χ0) is 9.84. The smallest absolute Gasteiger partial charge is 0.0679 e. The average Bonchev–Trinajstić information content (AvgIpc) is 2.04. The van der Waals surface area contributed by atoms with Gasteiger partial charge in [0.15, 0.2) is 0 Å². The van der Waals surface area contributed by atoms with Crippen LogP contribution in [0.4, 0.5) is 0 Å². The molecule has 2 nitrogen and oxygen atoms in total. The van der Waals surface area contributed by atoms with Gasteiger partial charge in [-0.1, -0.05) is 13.8 Å². The quantitative estimate of drug-likeness (QED) is 0.699. The van der Waals surface area contributed by atoms with Crippen molar-refractivity contribution >= 4 is 11.6 Å². The molecule has 0 bridgehead atoms. The van der Waals surface area contributed by atoms with Crippen LogP contribution in [0.1, 0.15) is 32.4 Å². The number of alkyl halides is 1. The molecule has 2 unspecified atom stereocenters. The van der Waals surface area contributed by atoms with E-state index in [1.54, 1.807) is 6.20 Å². The van der Waals surface area contributed by atoms with E-state index in [9.17, 15) is 0 Å². The predicted octanol–water partition coefficient (Wildman–Crippen LogP) is 2.84. The minimum absolute atomic E-state index is 0.0942. The van der Waals surface area contributed by atoms with Gasteiger partial charge in [-0.15, -0.1) is 11.6 Å². The van der Waals surface area contributed by atoms with Crippen LogP contribution in [-0.4, -0.2) is 15.6 Å². The highest BCUT2D eigenvalue weighted by Crippen LogP contribution is 2.28. The second-order valence-electron chi connectivity index (χ2n) is 3.60. The molecule has 0 N–H and O–H groups in total. The van der Waals surface area contributed by atoms with Gasteiger partial charge in [-0.25, -0.2) is 0 Å². The lowest BCUT2D eigenvalue weighted by atomic mass is 9.90. The molecule has 0 spiro atoms. The van der Waals surface area contributed by atoms with Crippen LogP contribution in [0.5, 0.6) is 0 Å². The summed E-state index contributed by atoms with van der Waals surface area (Å²) in [5.74, 6) is 0.777. The SMILES string of the molecule is CC(C)C(c1cccnn1)C(C)Cl. The van der Waals surface area contributed by atoms with Crippen molar-refractivity contribution in [1.82, 2.24) is 10.2 Å². The standard InChI is InChI=1S/C10H15ClN2/c1-7(2)10(8(3)11)9-5-4-6-12-13-9/h4-8,10H,1-3H3. The van der Waals surface area contributed by atoms with Gasteiger partial charge in [0.2, 0.25) is 0 Å². The highest BCUT2D eigenvalue weighted by Gasteiger charge is 2.22. The Morgan fingerprint density at radius 3 is 2.38 bits per heavy atom. The molecule has 0 fully saturated rings. The Labute approximate surface area is 84.3 Å². The fourth-order valence-corrected chi connectivity index (χ4v) is 2.02. The van der Waals surface area contributed by atoms with Crippen LogP contribution in [0, 0.1) is 5.92 Å². The summed E-state index contributed by atoms with van der Waals surface area (Å²) in [5, 5.41) is 8.04. The molecule has 3 heteroatoms. The first-order valence-electron chi connectivity index (χ1n) is 4.54. The van der Waals surface area contributed by atoms with Gasteiger partial charge >= 0.3 is 0 Å². The molecule has 1 rings (SSSR count). The van der Waals surface area contributed by atoms with E-state index in [0.717, 1.165) is 5.69 Å². The molecule has 72 valence electrons. The van der Waals surface area contributed by atoms with Crippen molar-refractivity contribution in [3.05, 3.63) is 24.0 Å². The molecule has 0 aliphatic heterocycles. The van der Waals surface area contributed by atoms with E-state index < -0.39 is 0 Å². The van der Waals surface area contributed by atoms with Crippen molar-refractivity contribution in [3.8, 4) is 0 Å². The molecule has 0 radical (unpaired) electrons. The molecule has 13 heavy (non-hydrogen) atoms. The van der Waals surface area contributed by atoms with Gasteiger partial charge in [-0.3, -0.25) is 0 Å². The van der Waals surface area contributed by atoms with Gasteiger partial charge in [-0.2, -0.15) is 10.2 Å². The summed E-state index contributed by atoms with van der Waals surface area (Å²) in [7, 11) is 0. The van der Waals surface area contributed by atoms with Crippen molar-refractivity contribution in [2.24, 2.45) is 5.92 Å². The predicted molar refractivity (Wildman–Crippen MR) is 54.9 cm³/mol. The van der Waals surface area contributed by atoms with Crippen molar-refractivity contribution in [3.63, 3.8) is 0 Å².